The van der Waals surface area contributed by atoms with Gasteiger partial charge in [0.05, 0.1) is 19.8 Å². The average Bonchev–Trinajstić information content (AvgIpc) is 3.08. The maximum absolute atomic E-state index is 12.7. The molecule has 1 aliphatic heterocycles. The lowest BCUT2D eigenvalue weighted by Crippen LogP contribution is -2.60. The standard InChI is InChI=1S/C37H70O12S/c1-3-5-7-9-11-13-14-15-16-17-19-21-23-25-27-45-29-31(47-33(39)26-24-22-20-18-12-10-8-6-4-2)30-46-37-35(41)36(49-50(42,43)44)34(40)32(28-38)48-37/h13-14,31-32,34-38,40-41H,3-12,15-30H2,1-2H3,(H,42,43,44)/b14-13-. The molecule has 4 N–H and O–H groups in total. The largest absolute Gasteiger partial charge is 0.457 e. The van der Waals surface area contributed by atoms with E-state index in [0.29, 0.717) is 13.0 Å². The smallest absolute Gasteiger partial charge is 0.397 e. The molecule has 6 unspecified atom stereocenters. The van der Waals surface area contributed by atoms with Gasteiger partial charge in [-0.25, -0.2) is 4.18 Å². The molecule has 0 amide bonds. The van der Waals surface area contributed by atoms with Crippen LogP contribution >= 0.6 is 0 Å². The summed E-state index contributed by atoms with van der Waals surface area (Å²) >= 11 is 0. The Balaban J connectivity index is 2.50. The zero-order valence-corrected chi connectivity index (χ0v) is 31.8. The van der Waals surface area contributed by atoms with Gasteiger partial charge in [0.2, 0.25) is 0 Å². The summed E-state index contributed by atoms with van der Waals surface area (Å²) in [6.45, 7) is 3.92. The highest BCUT2D eigenvalue weighted by molar-refractivity contribution is 7.80. The summed E-state index contributed by atoms with van der Waals surface area (Å²) in [5.74, 6) is -0.405. The molecule has 1 fully saturated rings. The molecule has 12 nitrogen and oxygen atoms in total. The van der Waals surface area contributed by atoms with E-state index in [2.05, 4.69) is 30.2 Å². The Hall–Kier alpha value is -1.16. The molecule has 0 spiro atoms. The molecule has 50 heavy (non-hydrogen) atoms. The quantitative estimate of drug-likeness (QED) is 0.0242. The van der Waals surface area contributed by atoms with E-state index >= 15 is 0 Å². The Morgan fingerprint density at radius 1 is 0.740 bits per heavy atom. The van der Waals surface area contributed by atoms with E-state index in [4.69, 9.17) is 23.5 Å². The van der Waals surface area contributed by atoms with E-state index in [1.807, 2.05) is 0 Å². The molecule has 296 valence electrons. The first-order valence-electron chi connectivity index (χ1n) is 19.4. The lowest BCUT2D eigenvalue weighted by molar-refractivity contribution is -0.301. The van der Waals surface area contributed by atoms with Gasteiger partial charge in [-0.3, -0.25) is 9.35 Å². The minimum Gasteiger partial charge on any atom is -0.457 e. The van der Waals surface area contributed by atoms with Gasteiger partial charge in [-0.1, -0.05) is 122 Å². The SMILES string of the molecule is CCCCCC/C=C\CCCCCCCCOCC(COC1OC(CO)C(O)C(OS(=O)(=O)O)C1O)OC(=O)CCCCCCCCCCC. The predicted octanol–water partition coefficient (Wildman–Crippen LogP) is 6.74. The van der Waals surface area contributed by atoms with Crippen LogP contribution in [0.1, 0.15) is 155 Å². The number of aliphatic hydroxyl groups excluding tert-OH is 3. The minimum atomic E-state index is -5.05. The molecule has 1 aliphatic rings. The van der Waals surface area contributed by atoms with Crippen molar-refractivity contribution in [2.45, 2.75) is 192 Å². The van der Waals surface area contributed by atoms with Gasteiger partial charge in [0.15, 0.2) is 6.29 Å². The Morgan fingerprint density at radius 3 is 1.82 bits per heavy atom. The third kappa shape index (κ3) is 24.2. The van der Waals surface area contributed by atoms with Crippen molar-refractivity contribution in [3.05, 3.63) is 12.2 Å². The summed E-state index contributed by atoms with van der Waals surface area (Å²) in [5, 5.41) is 30.5. The topological polar surface area (TPSA) is 178 Å². The van der Waals surface area contributed by atoms with Gasteiger partial charge >= 0.3 is 16.4 Å². The summed E-state index contributed by atoms with van der Waals surface area (Å²) < 4.78 is 58.7. The highest BCUT2D eigenvalue weighted by atomic mass is 32.3. The van der Waals surface area contributed by atoms with Gasteiger partial charge in [0, 0.05) is 13.0 Å². The Morgan fingerprint density at radius 2 is 1.26 bits per heavy atom. The number of hydrogen-bond acceptors (Lipinski definition) is 11. The molecule has 0 bridgehead atoms. The van der Waals surface area contributed by atoms with Crippen molar-refractivity contribution in [1.29, 1.82) is 0 Å². The summed E-state index contributed by atoms with van der Waals surface area (Å²) in [7, 11) is -5.05. The molecule has 0 aliphatic carbocycles. The second kappa shape index (κ2) is 30.3. The van der Waals surface area contributed by atoms with E-state index in [0.717, 1.165) is 44.9 Å². The fourth-order valence-corrected chi connectivity index (χ4v) is 6.41. The molecule has 0 aromatic heterocycles. The van der Waals surface area contributed by atoms with Gasteiger partial charge in [0.1, 0.15) is 30.5 Å². The number of hydrogen-bond donors (Lipinski definition) is 4. The first-order valence-corrected chi connectivity index (χ1v) is 20.8. The lowest BCUT2D eigenvalue weighted by Gasteiger charge is -2.41. The van der Waals surface area contributed by atoms with Crippen LogP contribution in [0.2, 0.25) is 0 Å². The monoisotopic (exact) mass is 738 g/mol. The summed E-state index contributed by atoms with van der Waals surface area (Å²) in [4.78, 5) is 12.7. The zero-order chi connectivity index (χ0) is 36.9. The number of aliphatic hydroxyl groups is 3. The first kappa shape index (κ1) is 46.9. The summed E-state index contributed by atoms with van der Waals surface area (Å²) in [6, 6.07) is 0. The minimum absolute atomic E-state index is 0.0358. The highest BCUT2D eigenvalue weighted by Crippen LogP contribution is 2.26. The molecule has 0 aromatic rings. The number of allylic oxidation sites excluding steroid dienone is 2. The van der Waals surface area contributed by atoms with E-state index < -0.39 is 59.8 Å². The summed E-state index contributed by atoms with van der Waals surface area (Å²) in [6.07, 6.45) is 19.8. The molecule has 1 heterocycles. The van der Waals surface area contributed by atoms with Crippen molar-refractivity contribution in [3.8, 4) is 0 Å². The fraction of sp³-hybridized carbons (Fsp3) is 0.919. The van der Waals surface area contributed by atoms with Crippen LogP contribution in [0, 0.1) is 0 Å². The maximum Gasteiger partial charge on any atom is 0.397 e. The van der Waals surface area contributed by atoms with Crippen LogP contribution in [0.25, 0.3) is 0 Å². The van der Waals surface area contributed by atoms with Gasteiger partial charge in [-0.05, 0) is 38.5 Å². The fourth-order valence-electron chi connectivity index (χ4n) is 5.90. The Labute approximate surface area is 302 Å². The average molecular weight is 739 g/mol. The maximum atomic E-state index is 12.7. The molecule has 0 aromatic carbocycles. The van der Waals surface area contributed by atoms with Crippen molar-refractivity contribution >= 4 is 16.4 Å². The normalized spacial score (nSPS) is 21.9. The second-order valence-corrected chi connectivity index (χ2v) is 14.6. The molecule has 1 rings (SSSR count). The van der Waals surface area contributed by atoms with Gasteiger partial charge in [0.25, 0.3) is 0 Å². The van der Waals surface area contributed by atoms with Crippen molar-refractivity contribution in [1.82, 2.24) is 0 Å². The van der Waals surface area contributed by atoms with Crippen LogP contribution in [0.4, 0.5) is 0 Å². The van der Waals surface area contributed by atoms with E-state index in [9.17, 15) is 28.5 Å². The van der Waals surface area contributed by atoms with Gasteiger partial charge in [-0.15, -0.1) is 0 Å². The number of unbranched alkanes of at least 4 members (excludes halogenated alkanes) is 18. The van der Waals surface area contributed by atoms with Crippen molar-refractivity contribution in [2.75, 3.05) is 26.4 Å². The second-order valence-electron chi connectivity index (χ2n) is 13.5. The van der Waals surface area contributed by atoms with Crippen LogP contribution in [-0.4, -0.2) is 97.5 Å². The number of carbonyl (C=O) groups excluding carboxylic acids is 1. The number of rotatable bonds is 33. The predicted molar refractivity (Wildman–Crippen MR) is 193 cm³/mol. The number of esters is 1. The van der Waals surface area contributed by atoms with Crippen LogP contribution < -0.4 is 0 Å². The zero-order valence-electron chi connectivity index (χ0n) is 31.0. The number of carbonyl (C=O) groups is 1. The van der Waals surface area contributed by atoms with E-state index in [1.165, 1.54) is 83.5 Å². The van der Waals surface area contributed by atoms with Crippen LogP contribution in [0.15, 0.2) is 12.2 Å². The van der Waals surface area contributed by atoms with Gasteiger partial charge in [-0.2, -0.15) is 8.42 Å². The lowest BCUT2D eigenvalue weighted by atomic mass is 9.99. The van der Waals surface area contributed by atoms with Crippen LogP contribution in [0.3, 0.4) is 0 Å². The molecular formula is C37H70O12S. The third-order valence-corrected chi connectivity index (χ3v) is 9.35. The van der Waals surface area contributed by atoms with E-state index in [1.54, 1.807) is 0 Å². The molecule has 0 saturated carbocycles. The van der Waals surface area contributed by atoms with E-state index in [-0.39, 0.29) is 19.6 Å². The molecular weight excluding hydrogens is 668 g/mol. The van der Waals surface area contributed by atoms with Gasteiger partial charge < -0.3 is 34.3 Å². The third-order valence-electron chi connectivity index (χ3n) is 8.89. The summed E-state index contributed by atoms with van der Waals surface area (Å²) in [5.41, 5.74) is 0. The molecule has 0 radical (unpaired) electrons. The van der Waals surface area contributed by atoms with Crippen molar-refractivity contribution in [3.63, 3.8) is 0 Å². The van der Waals surface area contributed by atoms with Crippen LogP contribution in [-0.2, 0) is 38.3 Å². The van der Waals surface area contributed by atoms with Crippen molar-refractivity contribution in [2.24, 2.45) is 0 Å². The van der Waals surface area contributed by atoms with Crippen LogP contribution in [0.5, 0.6) is 0 Å². The first-order chi connectivity index (χ1) is 24.1. The highest BCUT2D eigenvalue weighted by Gasteiger charge is 2.48. The molecule has 6 atom stereocenters. The molecule has 1 saturated heterocycles. The molecule has 13 heteroatoms. The Kier molecular flexibility index (Phi) is 28.4. The van der Waals surface area contributed by atoms with Crippen molar-refractivity contribution < 1.29 is 56.2 Å². The Bertz CT molecular complexity index is 947. The number of ether oxygens (including phenoxy) is 4.